The van der Waals surface area contributed by atoms with Gasteiger partial charge in [-0.05, 0) is 37.8 Å². The van der Waals surface area contributed by atoms with Crippen LogP contribution in [0.5, 0.6) is 0 Å². The molecule has 1 fully saturated rings. The smallest absolute Gasteiger partial charge is 0.278 e. The Morgan fingerprint density at radius 2 is 2.24 bits per heavy atom. The fourth-order valence-electron chi connectivity index (χ4n) is 2.93. The van der Waals surface area contributed by atoms with Crippen LogP contribution in [0.2, 0.25) is 0 Å². The van der Waals surface area contributed by atoms with Crippen molar-refractivity contribution >= 4 is 22.1 Å². The zero-order valence-corrected chi connectivity index (χ0v) is 12.3. The molecule has 0 saturated heterocycles. The molecule has 2 unspecified atom stereocenters. The molecule has 1 N–H and O–H groups in total. The van der Waals surface area contributed by atoms with Crippen LogP contribution in [0.25, 0.3) is 10.8 Å². The number of pyridine rings is 1. The summed E-state index contributed by atoms with van der Waals surface area (Å²) in [6.07, 6.45) is 5.23. The van der Waals surface area contributed by atoms with Crippen molar-refractivity contribution < 1.29 is 4.92 Å². The molecule has 0 aliphatic heterocycles. The molecule has 1 aliphatic rings. The summed E-state index contributed by atoms with van der Waals surface area (Å²) < 4.78 is 0. The second-order valence-electron chi connectivity index (χ2n) is 5.80. The Labute approximate surface area is 123 Å². The topological polar surface area (TPSA) is 68.1 Å². The van der Waals surface area contributed by atoms with Crippen LogP contribution in [0.3, 0.4) is 0 Å². The fraction of sp³-hybridized carbons (Fsp3) is 0.438. The lowest BCUT2D eigenvalue weighted by Crippen LogP contribution is -2.05. The summed E-state index contributed by atoms with van der Waals surface area (Å²) in [5.41, 5.74) is 1.96. The molecule has 1 aliphatic carbocycles. The molecule has 0 spiro atoms. The van der Waals surface area contributed by atoms with E-state index in [1.165, 1.54) is 19.3 Å². The molecule has 1 saturated carbocycles. The first-order valence-corrected chi connectivity index (χ1v) is 7.40. The molecule has 1 aromatic carbocycles. The molecule has 110 valence electrons. The van der Waals surface area contributed by atoms with E-state index >= 15 is 0 Å². The van der Waals surface area contributed by atoms with E-state index in [0.29, 0.717) is 11.4 Å². The van der Waals surface area contributed by atoms with E-state index in [1.807, 2.05) is 19.1 Å². The van der Waals surface area contributed by atoms with Gasteiger partial charge >= 0.3 is 0 Å². The molecule has 21 heavy (non-hydrogen) atoms. The van der Waals surface area contributed by atoms with Gasteiger partial charge in [-0.1, -0.05) is 13.3 Å². The molecule has 1 heterocycles. The number of anilines is 1. The van der Waals surface area contributed by atoms with E-state index in [-0.39, 0.29) is 10.6 Å². The number of aryl methyl sites for hydroxylation is 1. The maximum absolute atomic E-state index is 11.1. The lowest BCUT2D eigenvalue weighted by molar-refractivity contribution is -0.383. The van der Waals surface area contributed by atoms with Crippen molar-refractivity contribution in [3.05, 3.63) is 40.2 Å². The second-order valence-corrected chi connectivity index (χ2v) is 5.80. The van der Waals surface area contributed by atoms with E-state index in [9.17, 15) is 10.1 Å². The average molecular weight is 285 g/mol. The molecule has 1 aromatic heterocycles. The van der Waals surface area contributed by atoms with Gasteiger partial charge in [0.15, 0.2) is 0 Å². The van der Waals surface area contributed by atoms with Crippen LogP contribution in [0, 0.1) is 23.0 Å². The maximum atomic E-state index is 11.1. The van der Waals surface area contributed by atoms with Gasteiger partial charge in [0, 0.05) is 35.1 Å². The van der Waals surface area contributed by atoms with E-state index in [1.54, 1.807) is 12.3 Å². The molecular weight excluding hydrogens is 266 g/mol. The third-order valence-electron chi connectivity index (χ3n) is 4.13. The van der Waals surface area contributed by atoms with Crippen molar-refractivity contribution in [2.45, 2.75) is 39.2 Å². The highest BCUT2D eigenvalue weighted by atomic mass is 16.6. The van der Waals surface area contributed by atoms with Gasteiger partial charge in [0.25, 0.3) is 5.69 Å². The van der Waals surface area contributed by atoms with Crippen molar-refractivity contribution in [1.29, 1.82) is 0 Å². The van der Waals surface area contributed by atoms with Gasteiger partial charge in [0.2, 0.25) is 0 Å². The predicted octanol–water partition coefficient (Wildman–Crippen LogP) is 4.05. The van der Waals surface area contributed by atoms with Crippen molar-refractivity contribution in [1.82, 2.24) is 4.98 Å². The van der Waals surface area contributed by atoms with Crippen molar-refractivity contribution in [2.24, 2.45) is 5.92 Å². The summed E-state index contributed by atoms with van der Waals surface area (Å²) in [5, 5.41) is 16.2. The van der Waals surface area contributed by atoms with Crippen LogP contribution < -0.4 is 5.32 Å². The normalized spacial score (nSPS) is 20.5. The third-order valence-corrected chi connectivity index (χ3v) is 4.13. The summed E-state index contributed by atoms with van der Waals surface area (Å²) in [4.78, 5) is 15.0. The molecule has 0 radical (unpaired) electrons. The van der Waals surface area contributed by atoms with Crippen molar-refractivity contribution in [3.63, 3.8) is 0 Å². The standard InChI is InChI=1S/C16H19N3O2/c1-3-4-11-8-15(11)18-14-5-6-16(19(20)21)13-9-17-10(2)7-12(13)14/h5-7,9,11,15,18H,3-4,8H2,1-2H3. The van der Waals surface area contributed by atoms with Crippen LogP contribution in [-0.4, -0.2) is 15.9 Å². The molecular formula is C16H19N3O2. The molecule has 2 atom stereocenters. The van der Waals surface area contributed by atoms with Gasteiger partial charge in [-0.15, -0.1) is 0 Å². The minimum atomic E-state index is -0.347. The lowest BCUT2D eigenvalue weighted by atomic mass is 10.1. The first-order valence-electron chi connectivity index (χ1n) is 7.40. The number of fused-ring (bicyclic) bond motifs is 1. The SMILES string of the molecule is CCCC1CC1Nc1ccc([N+](=O)[O-])c2cnc(C)cc12. The molecule has 3 rings (SSSR count). The summed E-state index contributed by atoms with van der Waals surface area (Å²) in [7, 11) is 0. The number of non-ortho nitro benzene ring substituents is 1. The van der Waals surface area contributed by atoms with Gasteiger partial charge < -0.3 is 5.32 Å². The maximum Gasteiger partial charge on any atom is 0.278 e. The number of nitro benzene ring substituents is 1. The zero-order chi connectivity index (χ0) is 15.0. The Balaban J connectivity index is 1.98. The number of aromatic nitrogens is 1. The Hall–Kier alpha value is -2.17. The Morgan fingerprint density at radius 1 is 1.43 bits per heavy atom. The van der Waals surface area contributed by atoms with Gasteiger partial charge in [0.1, 0.15) is 0 Å². The number of benzene rings is 1. The van der Waals surface area contributed by atoms with Crippen molar-refractivity contribution in [2.75, 3.05) is 5.32 Å². The summed E-state index contributed by atoms with van der Waals surface area (Å²) in [6.45, 7) is 4.10. The predicted molar refractivity (Wildman–Crippen MR) is 83.6 cm³/mol. The minimum absolute atomic E-state index is 0.115. The second kappa shape index (κ2) is 5.31. The van der Waals surface area contributed by atoms with Crippen LogP contribution >= 0.6 is 0 Å². The lowest BCUT2D eigenvalue weighted by Gasteiger charge is -2.10. The number of rotatable bonds is 5. The number of nitrogens with one attached hydrogen (secondary N) is 1. The summed E-state index contributed by atoms with van der Waals surface area (Å²) >= 11 is 0. The Morgan fingerprint density at radius 3 is 2.95 bits per heavy atom. The van der Waals surface area contributed by atoms with Gasteiger partial charge in [-0.25, -0.2) is 0 Å². The first kappa shape index (κ1) is 13.8. The van der Waals surface area contributed by atoms with Gasteiger partial charge in [-0.3, -0.25) is 15.1 Å². The number of hydrogen-bond acceptors (Lipinski definition) is 4. The number of nitro groups is 1. The first-order chi connectivity index (χ1) is 10.1. The summed E-state index contributed by atoms with van der Waals surface area (Å²) in [5.74, 6) is 0.739. The van der Waals surface area contributed by atoms with E-state index in [4.69, 9.17) is 0 Å². The average Bonchev–Trinajstić information content (AvgIpc) is 3.17. The number of nitrogens with zero attached hydrogens (tertiary/aromatic N) is 2. The van der Waals surface area contributed by atoms with Crippen LogP contribution in [0.4, 0.5) is 11.4 Å². The largest absolute Gasteiger partial charge is 0.382 e. The highest BCUT2D eigenvalue weighted by Crippen LogP contribution is 2.40. The van der Waals surface area contributed by atoms with E-state index in [0.717, 1.165) is 22.7 Å². The Bertz CT molecular complexity index is 699. The van der Waals surface area contributed by atoms with E-state index < -0.39 is 0 Å². The highest BCUT2D eigenvalue weighted by Gasteiger charge is 2.36. The zero-order valence-electron chi connectivity index (χ0n) is 12.3. The highest BCUT2D eigenvalue weighted by molar-refractivity contribution is 5.99. The third kappa shape index (κ3) is 2.68. The number of hydrogen-bond donors (Lipinski definition) is 1. The molecule has 2 aromatic rings. The quantitative estimate of drug-likeness (QED) is 0.664. The molecule has 0 amide bonds. The van der Waals surface area contributed by atoms with E-state index in [2.05, 4.69) is 17.2 Å². The molecule has 5 nitrogen and oxygen atoms in total. The van der Waals surface area contributed by atoms with Crippen LogP contribution in [0.15, 0.2) is 24.4 Å². The van der Waals surface area contributed by atoms with Gasteiger partial charge in [0.05, 0.1) is 10.3 Å². The van der Waals surface area contributed by atoms with Gasteiger partial charge in [-0.2, -0.15) is 0 Å². The molecule has 5 heteroatoms. The summed E-state index contributed by atoms with van der Waals surface area (Å²) in [6, 6.07) is 5.81. The Kier molecular flexibility index (Phi) is 3.49. The van der Waals surface area contributed by atoms with Crippen molar-refractivity contribution in [3.8, 4) is 0 Å². The fourth-order valence-corrected chi connectivity index (χ4v) is 2.93. The molecule has 0 bridgehead atoms. The minimum Gasteiger partial charge on any atom is -0.382 e. The van der Waals surface area contributed by atoms with Crippen LogP contribution in [-0.2, 0) is 0 Å². The monoisotopic (exact) mass is 285 g/mol. The van der Waals surface area contributed by atoms with Crippen LogP contribution in [0.1, 0.15) is 31.9 Å².